The van der Waals surface area contributed by atoms with Gasteiger partial charge in [0.25, 0.3) is 0 Å². The Labute approximate surface area is 202 Å². The number of aromatic nitrogens is 3. The van der Waals surface area contributed by atoms with Crippen molar-refractivity contribution in [1.82, 2.24) is 19.9 Å². The Balaban J connectivity index is 1.40. The van der Waals surface area contributed by atoms with E-state index >= 15 is 0 Å². The molecule has 0 radical (unpaired) electrons. The molecule has 2 aromatic carbocycles. The predicted octanol–water partition coefficient (Wildman–Crippen LogP) is 4.69. The molecule has 0 aliphatic rings. The van der Waals surface area contributed by atoms with Crippen LogP contribution in [0.5, 0.6) is 11.5 Å². The predicted molar refractivity (Wildman–Crippen MR) is 133 cm³/mol. The van der Waals surface area contributed by atoms with Crippen LogP contribution in [0.2, 0.25) is 0 Å². The maximum atomic E-state index is 12.8. The lowest BCUT2D eigenvalue weighted by atomic mass is 10.1. The van der Waals surface area contributed by atoms with E-state index in [4.69, 9.17) is 9.47 Å². The molecule has 0 saturated carbocycles. The van der Waals surface area contributed by atoms with Gasteiger partial charge in [0.15, 0.2) is 0 Å². The van der Waals surface area contributed by atoms with Gasteiger partial charge in [0.05, 0.1) is 17.8 Å². The van der Waals surface area contributed by atoms with E-state index in [9.17, 15) is 4.79 Å². The smallest absolute Gasteiger partial charge is 0.244 e. The highest BCUT2D eigenvalue weighted by molar-refractivity contribution is 7.09. The van der Waals surface area contributed by atoms with Crippen LogP contribution in [0.3, 0.4) is 0 Å². The molecule has 0 spiro atoms. The highest BCUT2D eigenvalue weighted by atomic mass is 32.1. The first-order valence-corrected chi connectivity index (χ1v) is 11.6. The summed E-state index contributed by atoms with van der Waals surface area (Å²) < 4.78 is 12.9. The number of carbonyl (C=O) groups is 1. The van der Waals surface area contributed by atoms with Crippen molar-refractivity contribution in [3.05, 3.63) is 100 Å². The number of amides is 1. The van der Waals surface area contributed by atoms with E-state index in [1.165, 1.54) is 6.08 Å². The van der Waals surface area contributed by atoms with Crippen LogP contribution in [0, 0.1) is 6.92 Å². The number of hydrogen-bond acceptors (Lipinski definition) is 6. The zero-order valence-electron chi connectivity index (χ0n) is 19.3. The first-order valence-electron chi connectivity index (χ1n) is 10.8. The number of aryl methyl sites for hydroxylation is 2. The summed E-state index contributed by atoms with van der Waals surface area (Å²) in [6, 6.07) is 14.8. The lowest BCUT2D eigenvalue weighted by Crippen LogP contribution is -2.29. The van der Waals surface area contributed by atoms with Gasteiger partial charge in [0.2, 0.25) is 5.91 Å². The summed E-state index contributed by atoms with van der Waals surface area (Å²) >= 11 is 1.61. The third-order valence-electron chi connectivity index (χ3n) is 5.21. The third-order valence-corrected chi connectivity index (χ3v) is 6.04. The second kappa shape index (κ2) is 10.8. The number of carbonyl (C=O) groups excluding carboxylic acids is 1. The number of thiazole rings is 1. The number of methoxy groups -OCH3 is 1. The van der Waals surface area contributed by atoms with Gasteiger partial charge in [-0.25, -0.2) is 9.97 Å². The Morgan fingerprint density at radius 2 is 1.88 bits per heavy atom. The molecule has 8 heteroatoms. The molecular formula is C26H26N4O3S. The SMILES string of the molecule is COc1ccc(C(NC(=O)/C=C/c2ccc(OCc3csc(C)n3)cc2)c2nccn2C)cc1. The van der Waals surface area contributed by atoms with Crippen LogP contribution >= 0.6 is 11.3 Å². The van der Waals surface area contributed by atoms with Crippen LogP contribution < -0.4 is 14.8 Å². The Kier molecular flexibility index (Phi) is 7.39. The molecule has 0 saturated heterocycles. The number of nitrogens with zero attached hydrogens (tertiary/aromatic N) is 3. The fraction of sp³-hybridized carbons (Fsp3) is 0.192. The van der Waals surface area contributed by atoms with Crippen molar-refractivity contribution < 1.29 is 14.3 Å². The normalized spacial score (nSPS) is 12.0. The van der Waals surface area contributed by atoms with Crippen LogP contribution in [0.15, 0.2) is 72.4 Å². The molecule has 1 N–H and O–H groups in total. The summed E-state index contributed by atoms with van der Waals surface area (Å²) in [5.41, 5.74) is 2.72. The van der Waals surface area contributed by atoms with Crippen LogP contribution in [0.1, 0.15) is 33.7 Å². The zero-order chi connectivity index (χ0) is 23.9. The monoisotopic (exact) mass is 474 g/mol. The Hall–Kier alpha value is -3.91. The zero-order valence-corrected chi connectivity index (χ0v) is 20.1. The molecule has 0 fully saturated rings. The lowest BCUT2D eigenvalue weighted by molar-refractivity contribution is -0.117. The van der Waals surface area contributed by atoms with E-state index < -0.39 is 6.04 Å². The Morgan fingerprint density at radius 1 is 1.15 bits per heavy atom. The van der Waals surface area contributed by atoms with Crippen molar-refractivity contribution in [2.45, 2.75) is 19.6 Å². The summed E-state index contributed by atoms with van der Waals surface area (Å²) in [5.74, 6) is 2.02. The molecule has 4 rings (SSSR count). The largest absolute Gasteiger partial charge is 0.497 e. The minimum Gasteiger partial charge on any atom is -0.497 e. The highest BCUT2D eigenvalue weighted by Gasteiger charge is 2.20. The molecule has 2 heterocycles. The van der Waals surface area contributed by atoms with Gasteiger partial charge in [-0.05, 0) is 48.4 Å². The second-order valence-electron chi connectivity index (χ2n) is 7.66. The molecule has 1 atom stereocenters. The van der Waals surface area contributed by atoms with Crippen molar-refractivity contribution in [3.8, 4) is 11.5 Å². The van der Waals surface area contributed by atoms with Crippen LogP contribution in [-0.4, -0.2) is 27.6 Å². The van der Waals surface area contributed by atoms with Gasteiger partial charge in [0, 0.05) is 30.9 Å². The molecule has 4 aromatic rings. The fourth-order valence-corrected chi connectivity index (χ4v) is 4.02. The quantitative estimate of drug-likeness (QED) is 0.356. The number of hydrogen-bond donors (Lipinski definition) is 1. The molecule has 0 bridgehead atoms. The molecule has 1 unspecified atom stereocenters. The minimum absolute atomic E-state index is 0.219. The van der Waals surface area contributed by atoms with Crippen molar-refractivity contribution >= 4 is 23.3 Å². The summed E-state index contributed by atoms with van der Waals surface area (Å²) in [7, 11) is 3.53. The van der Waals surface area contributed by atoms with E-state index in [-0.39, 0.29) is 5.91 Å². The minimum atomic E-state index is -0.395. The van der Waals surface area contributed by atoms with Gasteiger partial charge < -0.3 is 19.4 Å². The standard InChI is InChI=1S/C26H26N4O3S/c1-18-28-21(17-34-18)16-33-23-9-4-19(5-10-23)6-13-24(31)29-25(26-27-14-15-30(26)2)20-7-11-22(32-3)12-8-20/h4-15,17,25H,16H2,1-3H3,(H,29,31)/b13-6+. The third kappa shape index (κ3) is 5.90. The highest BCUT2D eigenvalue weighted by Crippen LogP contribution is 2.23. The van der Waals surface area contributed by atoms with Gasteiger partial charge in [-0.3, -0.25) is 4.79 Å². The molecule has 0 aliphatic carbocycles. The van der Waals surface area contributed by atoms with Crippen LogP contribution in [0.25, 0.3) is 6.08 Å². The maximum absolute atomic E-state index is 12.8. The lowest BCUT2D eigenvalue weighted by Gasteiger charge is -2.18. The summed E-state index contributed by atoms with van der Waals surface area (Å²) in [6.45, 7) is 2.41. The number of imidazole rings is 1. The number of benzene rings is 2. The average Bonchev–Trinajstić information content (AvgIpc) is 3.48. The number of rotatable bonds is 9. The van der Waals surface area contributed by atoms with E-state index in [2.05, 4.69) is 15.3 Å². The maximum Gasteiger partial charge on any atom is 0.244 e. The second-order valence-corrected chi connectivity index (χ2v) is 8.72. The van der Waals surface area contributed by atoms with Gasteiger partial charge in [-0.1, -0.05) is 24.3 Å². The van der Waals surface area contributed by atoms with Gasteiger partial charge in [-0.15, -0.1) is 11.3 Å². The molecule has 34 heavy (non-hydrogen) atoms. The molecule has 7 nitrogen and oxygen atoms in total. The van der Waals surface area contributed by atoms with E-state index in [1.54, 1.807) is 30.7 Å². The van der Waals surface area contributed by atoms with Crippen LogP contribution in [-0.2, 0) is 18.4 Å². The Bertz CT molecular complexity index is 1260. The molecule has 1 amide bonds. The van der Waals surface area contributed by atoms with E-state index in [1.807, 2.05) is 78.6 Å². The van der Waals surface area contributed by atoms with Crippen molar-refractivity contribution in [1.29, 1.82) is 0 Å². The van der Waals surface area contributed by atoms with Crippen molar-refractivity contribution in [3.63, 3.8) is 0 Å². The Morgan fingerprint density at radius 3 is 2.50 bits per heavy atom. The van der Waals surface area contributed by atoms with Gasteiger partial charge in [0.1, 0.15) is 30.0 Å². The first kappa shape index (κ1) is 23.3. The molecule has 0 aliphatic heterocycles. The van der Waals surface area contributed by atoms with E-state index in [0.717, 1.165) is 39.2 Å². The molecule has 2 aromatic heterocycles. The summed E-state index contributed by atoms with van der Waals surface area (Å²) in [6.07, 6.45) is 6.86. The van der Waals surface area contributed by atoms with Crippen molar-refractivity contribution in [2.24, 2.45) is 7.05 Å². The fourth-order valence-electron chi connectivity index (χ4n) is 3.42. The number of ether oxygens (including phenoxy) is 2. The van der Waals surface area contributed by atoms with E-state index in [0.29, 0.717) is 6.61 Å². The first-order chi connectivity index (χ1) is 16.5. The average molecular weight is 475 g/mol. The summed E-state index contributed by atoms with van der Waals surface area (Å²) in [4.78, 5) is 21.6. The van der Waals surface area contributed by atoms with Crippen LogP contribution in [0.4, 0.5) is 0 Å². The van der Waals surface area contributed by atoms with Gasteiger partial charge in [-0.2, -0.15) is 0 Å². The molecular weight excluding hydrogens is 448 g/mol. The van der Waals surface area contributed by atoms with Crippen molar-refractivity contribution in [2.75, 3.05) is 7.11 Å². The molecule has 174 valence electrons. The summed E-state index contributed by atoms with van der Waals surface area (Å²) in [5, 5.41) is 6.07. The number of nitrogens with one attached hydrogen (secondary N) is 1. The van der Waals surface area contributed by atoms with Gasteiger partial charge >= 0.3 is 0 Å². The topological polar surface area (TPSA) is 78.3 Å².